The van der Waals surface area contributed by atoms with Crippen LogP contribution in [0.4, 0.5) is 5.69 Å². The van der Waals surface area contributed by atoms with E-state index >= 15 is 0 Å². The van der Waals surface area contributed by atoms with Crippen LogP contribution in [-0.4, -0.2) is 28.0 Å². The first-order chi connectivity index (χ1) is 10.7. The van der Waals surface area contributed by atoms with Gasteiger partial charge in [-0.1, -0.05) is 12.1 Å². The molecule has 0 aliphatic rings. The van der Waals surface area contributed by atoms with Crippen molar-refractivity contribution in [3.05, 3.63) is 58.6 Å². The van der Waals surface area contributed by atoms with Gasteiger partial charge in [-0.05, 0) is 18.2 Å². The van der Waals surface area contributed by atoms with Crippen molar-refractivity contribution in [1.29, 1.82) is 0 Å². The van der Waals surface area contributed by atoms with Gasteiger partial charge in [-0.3, -0.25) is 9.79 Å². The monoisotopic (exact) mass is 295 g/mol. The highest BCUT2D eigenvalue weighted by molar-refractivity contribution is 5.92. The third-order valence-corrected chi connectivity index (χ3v) is 2.96. The number of rotatable bonds is 3. The molecule has 0 fully saturated rings. The number of hydrogen-bond acceptors (Lipinski definition) is 6. The summed E-state index contributed by atoms with van der Waals surface area (Å²) in [5.41, 5.74) is 0.576. The summed E-state index contributed by atoms with van der Waals surface area (Å²) in [5.74, 6) is -0.313. The zero-order chi connectivity index (χ0) is 15.5. The van der Waals surface area contributed by atoms with E-state index in [0.717, 1.165) is 0 Å². The Morgan fingerprint density at radius 1 is 1.27 bits per heavy atom. The van der Waals surface area contributed by atoms with Gasteiger partial charge in [0.05, 0.1) is 30.0 Å². The molecule has 110 valence electrons. The number of ether oxygens (including phenoxy) is 1. The molecule has 0 radical (unpaired) electrons. The Labute approximate surface area is 125 Å². The number of nitrogens with one attached hydrogen (secondary N) is 1. The Morgan fingerprint density at radius 3 is 2.82 bits per heavy atom. The van der Waals surface area contributed by atoms with Crippen molar-refractivity contribution in [2.24, 2.45) is 4.99 Å². The smallest absolute Gasteiger partial charge is 0.275 e. The SMILES string of the molecule is COc1ccc(N=C([O-])c2nc3ccccc3[nH]c2=O)cn1. The van der Waals surface area contributed by atoms with Gasteiger partial charge in [0.15, 0.2) is 0 Å². The largest absolute Gasteiger partial charge is 0.857 e. The second-order valence-electron chi connectivity index (χ2n) is 4.41. The lowest BCUT2D eigenvalue weighted by atomic mass is 10.3. The fourth-order valence-electron chi connectivity index (χ4n) is 1.90. The molecule has 3 aromatic rings. The van der Waals surface area contributed by atoms with Gasteiger partial charge in [0, 0.05) is 12.0 Å². The molecule has 1 N–H and O–H groups in total. The van der Waals surface area contributed by atoms with Crippen LogP contribution in [0.5, 0.6) is 5.88 Å². The average molecular weight is 295 g/mol. The summed E-state index contributed by atoms with van der Waals surface area (Å²) in [5, 5.41) is 12.1. The Morgan fingerprint density at radius 2 is 2.09 bits per heavy atom. The van der Waals surface area contributed by atoms with Gasteiger partial charge in [0.2, 0.25) is 5.88 Å². The fourth-order valence-corrected chi connectivity index (χ4v) is 1.90. The second-order valence-corrected chi connectivity index (χ2v) is 4.41. The molecule has 2 heterocycles. The molecule has 0 atom stereocenters. The number of methoxy groups -OCH3 is 1. The maximum absolute atomic E-state index is 12.1. The van der Waals surface area contributed by atoms with Gasteiger partial charge in [-0.15, -0.1) is 0 Å². The van der Waals surface area contributed by atoms with Crippen molar-refractivity contribution >= 4 is 22.6 Å². The third-order valence-electron chi connectivity index (χ3n) is 2.96. The maximum atomic E-state index is 12.1. The van der Waals surface area contributed by atoms with Crippen molar-refractivity contribution < 1.29 is 9.84 Å². The molecule has 2 aromatic heterocycles. The summed E-state index contributed by atoms with van der Waals surface area (Å²) >= 11 is 0. The number of benzene rings is 1. The van der Waals surface area contributed by atoms with E-state index in [1.807, 2.05) is 0 Å². The van der Waals surface area contributed by atoms with Crippen LogP contribution in [0, 0.1) is 0 Å². The van der Waals surface area contributed by atoms with Gasteiger partial charge in [-0.25, -0.2) is 9.97 Å². The number of nitrogens with zero attached hydrogens (tertiary/aromatic N) is 3. The van der Waals surface area contributed by atoms with Crippen molar-refractivity contribution in [1.82, 2.24) is 15.0 Å². The Bertz CT molecular complexity index is 901. The topological polar surface area (TPSA) is 103 Å². The lowest BCUT2D eigenvalue weighted by molar-refractivity contribution is -0.213. The molecule has 0 amide bonds. The fraction of sp³-hybridized carbons (Fsp3) is 0.0667. The predicted molar refractivity (Wildman–Crippen MR) is 79.3 cm³/mol. The normalized spacial score (nSPS) is 11.6. The molecule has 0 saturated carbocycles. The standard InChI is InChI=1S/C15H12N4O3/c1-22-12-7-6-9(8-16-12)17-14(20)13-15(21)19-11-5-3-2-4-10(11)18-13/h2-8H,1H3,(H,17,20)(H,19,21)/p-1. The first-order valence-electron chi connectivity index (χ1n) is 6.42. The minimum absolute atomic E-state index is 0.255. The minimum Gasteiger partial charge on any atom is -0.857 e. The van der Waals surface area contributed by atoms with E-state index in [2.05, 4.69) is 19.9 Å². The highest BCUT2D eigenvalue weighted by Gasteiger charge is 2.05. The minimum atomic E-state index is -0.723. The number of para-hydroxylation sites is 2. The van der Waals surface area contributed by atoms with Crippen molar-refractivity contribution in [2.75, 3.05) is 7.11 Å². The van der Waals surface area contributed by atoms with Crippen molar-refractivity contribution in [2.45, 2.75) is 0 Å². The highest BCUT2D eigenvalue weighted by atomic mass is 16.5. The van der Waals surface area contributed by atoms with E-state index < -0.39 is 11.5 Å². The number of hydrogen-bond donors (Lipinski definition) is 1. The molecular weight excluding hydrogens is 284 g/mol. The Balaban J connectivity index is 2.03. The van der Waals surface area contributed by atoms with E-state index in [1.54, 1.807) is 36.4 Å². The van der Waals surface area contributed by atoms with Crippen LogP contribution in [-0.2, 0) is 0 Å². The number of pyridine rings is 1. The van der Waals surface area contributed by atoms with Crippen LogP contribution in [0.15, 0.2) is 52.4 Å². The van der Waals surface area contributed by atoms with E-state index in [4.69, 9.17) is 4.74 Å². The summed E-state index contributed by atoms with van der Waals surface area (Å²) in [6.07, 6.45) is 1.38. The molecule has 1 aromatic carbocycles. The number of aromatic amines is 1. The van der Waals surface area contributed by atoms with Gasteiger partial charge in [0.1, 0.15) is 5.69 Å². The highest BCUT2D eigenvalue weighted by Crippen LogP contribution is 2.14. The summed E-state index contributed by atoms with van der Waals surface area (Å²) < 4.78 is 4.92. The number of fused-ring (bicyclic) bond motifs is 1. The predicted octanol–water partition coefficient (Wildman–Crippen LogP) is 0.765. The zero-order valence-corrected chi connectivity index (χ0v) is 11.6. The molecule has 3 rings (SSSR count). The molecule has 22 heavy (non-hydrogen) atoms. The maximum Gasteiger partial charge on any atom is 0.275 e. The van der Waals surface area contributed by atoms with E-state index in [1.165, 1.54) is 13.3 Å². The second kappa shape index (κ2) is 5.65. The number of H-pyrrole nitrogens is 1. The van der Waals surface area contributed by atoms with E-state index in [9.17, 15) is 9.90 Å². The quantitative estimate of drug-likeness (QED) is 0.567. The van der Waals surface area contributed by atoms with Gasteiger partial charge >= 0.3 is 0 Å². The molecule has 7 nitrogen and oxygen atoms in total. The van der Waals surface area contributed by atoms with Crippen LogP contribution in [0.2, 0.25) is 0 Å². The number of aliphatic imine (C=N–C) groups is 1. The van der Waals surface area contributed by atoms with Gasteiger partial charge in [-0.2, -0.15) is 0 Å². The molecule has 7 heteroatoms. The summed E-state index contributed by atoms with van der Waals surface area (Å²) in [7, 11) is 1.49. The molecule has 0 saturated heterocycles. The summed E-state index contributed by atoms with van der Waals surface area (Å²) in [6, 6.07) is 10.1. The van der Waals surface area contributed by atoms with Crippen molar-refractivity contribution in [3.63, 3.8) is 0 Å². The molecular formula is C15H11N4O3-. The first kappa shape index (κ1) is 13.7. The Hall–Kier alpha value is -3.22. The van der Waals surface area contributed by atoms with Gasteiger partial charge in [0.25, 0.3) is 5.56 Å². The van der Waals surface area contributed by atoms with Crippen LogP contribution in [0.25, 0.3) is 11.0 Å². The third kappa shape index (κ3) is 2.64. The molecule has 0 aliphatic carbocycles. The van der Waals surface area contributed by atoms with Crippen LogP contribution < -0.4 is 15.4 Å². The summed E-state index contributed by atoms with van der Waals surface area (Å²) in [4.78, 5) is 26.4. The number of aromatic nitrogens is 3. The van der Waals surface area contributed by atoms with Gasteiger partial charge < -0.3 is 14.8 Å². The van der Waals surface area contributed by atoms with Crippen molar-refractivity contribution in [3.8, 4) is 5.88 Å². The van der Waals surface area contributed by atoms with E-state index in [0.29, 0.717) is 22.6 Å². The van der Waals surface area contributed by atoms with Crippen LogP contribution in [0.3, 0.4) is 0 Å². The van der Waals surface area contributed by atoms with Crippen LogP contribution in [0.1, 0.15) is 5.69 Å². The lowest BCUT2D eigenvalue weighted by Crippen LogP contribution is -2.29. The van der Waals surface area contributed by atoms with Crippen LogP contribution >= 0.6 is 0 Å². The zero-order valence-electron chi connectivity index (χ0n) is 11.6. The molecule has 0 aliphatic heterocycles. The molecule has 0 unspecified atom stereocenters. The summed E-state index contributed by atoms with van der Waals surface area (Å²) in [6.45, 7) is 0. The molecule has 0 spiro atoms. The first-order valence-corrected chi connectivity index (χ1v) is 6.42. The Kier molecular flexibility index (Phi) is 3.53. The molecule has 0 bridgehead atoms. The lowest BCUT2D eigenvalue weighted by Gasteiger charge is -2.09. The van der Waals surface area contributed by atoms with E-state index in [-0.39, 0.29) is 5.69 Å². The average Bonchev–Trinajstić information content (AvgIpc) is 2.54.